The van der Waals surface area contributed by atoms with Crippen molar-refractivity contribution in [3.8, 4) is 0 Å². The summed E-state index contributed by atoms with van der Waals surface area (Å²) in [5, 5.41) is 0. The molecule has 4 nitrogen and oxygen atoms in total. The van der Waals surface area contributed by atoms with Crippen molar-refractivity contribution >= 4 is 11.2 Å². The summed E-state index contributed by atoms with van der Waals surface area (Å²) in [6.07, 6.45) is 1.81. The first-order valence-corrected chi connectivity index (χ1v) is 6.78. The molecule has 0 saturated heterocycles. The maximum Gasteiger partial charge on any atom is 0.160 e. The van der Waals surface area contributed by atoms with Crippen molar-refractivity contribution in [2.24, 2.45) is 5.73 Å². The molecular weight excluding hydrogens is 236 g/mol. The van der Waals surface area contributed by atoms with Gasteiger partial charge in [-0.3, -0.25) is 0 Å². The van der Waals surface area contributed by atoms with Crippen LogP contribution in [0, 0.1) is 0 Å². The molecule has 0 aliphatic rings. The first kappa shape index (κ1) is 14.0. The first-order chi connectivity index (χ1) is 8.66. The smallest absolute Gasteiger partial charge is 0.160 e. The van der Waals surface area contributed by atoms with Gasteiger partial charge in [-0.1, -0.05) is 13.8 Å². The summed E-state index contributed by atoms with van der Waals surface area (Å²) < 4.78 is 2.20. The fourth-order valence-electron chi connectivity index (χ4n) is 2.15. The average molecular weight is 260 g/mol. The summed E-state index contributed by atoms with van der Waals surface area (Å²) in [6, 6.07) is 4.23. The van der Waals surface area contributed by atoms with Crippen LogP contribution in [-0.4, -0.2) is 20.1 Å². The molecule has 0 atom stereocenters. The minimum Gasteiger partial charge on any atom is -0.325 e. The quantitative estimate of drug-likeness (QED) is 0.923. The Morgan fingerprint density at radius 2 is 1.84 bits per heavy atom. The van der Waals surface area contributed by atoms with Crippen molar-refractivity contribution in [1.82, 2.24) is 14.5 Å². The minimum absolute atomic E-state index is 0.238. The molecule has 0 bridgehead atoms. The van der Waals surface area contributed by atoms with Gasteiger partial charge in [-0.25, -0.2) is 9.97 Å². The molecule has 0 aliphatic heterocycles. The summed E-state index contributed by atoms with van der Waals surface area (Å²) in [5.41, 5.74) is 7.63. The lowest BCUT2D eigenvalue weighted by Gasteiger charge is -2.38. The number of aromatic nitrogens is 3. The highest BCUT2D eigenvalue weighted by molar-refractivity contribution is 5.71. The van der Waals surface area contributed by atoms with Crippen LogP contribution in [0.25, 0.3) is 11.2 Å². The zero-order valence-corrected chi connectivity index (χ0v) is 12.7. The highest BCUT2D eigenvalue weighted by Crippen LogP contribution is 2.35. The van der Waals surface area contributed by atoms with E-state index in [2.05, 4.69) is 37.2 Å². The molecule has 2 aromatic rings. The second-order valence-corrected chi connectivity index (χ2v) is 6.59. The topological polar surface area (TPSA) is 56.7 Å². The third kappa shape index (κ3) is 2.14. The van der Waals surface area contributed by atoms with E-state index in [1.54, 1.807) is 0 Å². The van der Waals surface area contributed by atoms with Crippen LogP contribution in [0.2, 0.25) is 0 Å². The summed E-state index contributed by atoms with van der Waals surface area (Å²) in [6.45, 7) is 12.7. The van der Waals surface area contributed by atoms with Gasteiger partial charge >= 0.3 is 0 Å². The third-order valence-electron chi connectivity index (χ3n) is 4.14. The highest BCUT2D eigenvalue weighted by atomic mass is 15.2. The first-order valence-electron chi connectivity index (χ1n) is 6.78. The largest absolute Gasteiger partial charge is 0.325 e. The zero-order chi connectivity index (χ0) is 14.4. The normalized spacial score (nSPS) is 13.5. The molecule has 2 rings (SSSR count). The van der Waals surface area contributed by atoms with Crippen LogP contribution < -0.4 is 5.73 Å². The van der Waals surface area contributed by atoms with Gasteiger partial charge in [0.15, 0.2) is 5.65 Å². The number of pyridine rings is 1. The Morgan fingerprint density at radius 3 is 2.37 bits per heavy atom. The number of imidazole rings is 1. The van der Waals surface area contributed by atoms with Crippen molar-refractivity contribution in [3.05, 3.63) is 24.2 Å². The Hall–Kier alpha value is -1.42. The molecule has 0 radical (unpaired) electrons. The third-order valence-corrected chi connectivity index (χ3v) is 4.14. The molecule has 0 saturated carbocycles. The van der Waals surface area contributed by atoms with Crippen LogP contribution in [0.5, 0.6) is 0 Å². The molecule has 2 N–H and O–H groups in total. The van der Waals surface area contributed by atoms with E-state index < -0.39 is 0 Å². The van der Waals surface area contributed by atoms with Gasteiger partial charge in [0, 0.05) is 23.2 Å². The van der Waals surface area contributed by atoms with Crippen molar-refractivity contribution in [1.29, 1.82) is 0 Å². The summed E-state index contributed by atoms with van der Waals surface area (Å²) in [7, 11) is 0. The molecular formula is C15H24N4. The van der Waals surface area contributed by atoms with Gasteiger partial charge in [0.2, 0.25) is 0 Å². The molecule has 0 fully saturated rings. The van der Waals surface area contributed by atoms with Gasteiger partial charge in [0.05, 0.1) is 0 Å². The Kier molecular flexibility index (Phi) is 3.17. The van der Waals surface area contributed by atoms with Crippen LogP contribution in [0.1, 0.15) is 53.4 Å². The number of nitrogens with zero attached hydrogens (tertiary/aromatic N) is 3. The molecule has 104 valence electrons. The van der Waals surface area contributed by atoms with Gasteiger partial charge in [0.1, 0.15) is 11.3 Å². The lowest BCUT2D eigenvalue weighted by Crippen LogP contribution is -2.51. The number of hydrogen-bond acceptors (Lipinski definition) is 3. The van der Waals surface area contributed by atoms with E-state index in [4.69, 9.17) is 10.7 Å². The molecule has 0 unspecified atom stereocenters. The van der Waals surface area contributed by atoms with Crippen LogP contribution in [0.4, 0.5) is 0 Å². The van der Waals surface area contributed by atoms with Gasteiger partial charge < -0.3 is 10.3 Å². The number of fused-ring (bicyclic) bond motifs is 1. The summed E-state index contributed by atoms with van der Waals surface area (Å²) >= 11 is 0. The molecule has 0 amide bonds. The lowest BCUT2D eigenvalue weighted by molar-refractivity contribution is 0.279. The Morgan fingerprint density at radius 1 is 1.21 bits per heavy atom. The van der Waals surface area contributed by atoms with E-state index in [-0.39, 0.29) is 11.0 Å². The van der Waals surface area contributed by atoms with Crippen molar-refractivity contribution in [2.75, 3.05) is 0 Å². The monoisotopic (exact) mass is 260 g/mol. The van der Waals surface area contributed by atoms with E-state index in [9.17, 15) is 0 Å². The van der Waals surface area contributed by atoms with Crippen molar-refractivity contribution in [3.63, 3.8) is 0 Å². The van der Waals surface area contributed by atoms with E-state index in [0.717, 1.165) is 17.0 Å². The summed E-state index contributed by atoms with van der Waals surface area (Å²) in [4.78, 5) is 9.27. The Labute approximate surface area is 115 Å². The minimum atomic E-state index is -0.360. The van der Waals surface area contributed by atoms with Gasteiger partial charge in [-0.2, -0.15) is 0 Å². The van der Waals surface area contributed by atoms with Crippen LogP contribution in [0.15, 0.2) is 18.3 Å². The van der Waals surface area contributed by atoms with Gasteiger partial charge in [-0.15, -0.1) is 0 Å². The molecule has 4 heteroatoms. The standard InChI is InChI=1S/C15H24N4/c1-10(2)19-12-11(8-7-9-17-12)18-13(19)14(3,4)15(5,6)16/h7-10H,16H2,1-6H3. The van der Waals surface area contributed by atoms with Crippen LogP contribution in [-0.2, 0) is 5.41 Å². The van der Waals surface area contributed by atoms with E-state index in [0.29, 0.717) is 6.04 Å². The highest BCUT2D eigenvalue weighted by Gasteiger charge is 2.40. The molecule has 19 heavy (non-hydrogen) atoms. The number of rotatable bonds is 3. The van der Waals surface area contributed by atoms with Crippen molar-refractivity contribution < 1.29 is 0 Å². The van der Waals surface area contributed by atoms with Gasteiger partial charge in [0.25, 0.3) is 0 Å². The molecule has 0 aliphatic carbocycles. The predicted molar refractivity (Wildman–Crippen MR) is 79.2 cm³/mol. The number of hydrogen-bond donors (Lipinski definition) is 1. The SMILES string of the molecule is CC(C)n1c(C(C)(C)C(C)(C)N)nc2cccnc21. The molecule has 2 aromatic heterocycles. The zero-order valence-electron chi connectivity index (χ0n) is 12.7. The van der Waals surface area contributed by atoms with E-state index in [1.165, 1.54) is 0 Å². The molecule has 0 spiro atoms. The average Bonchev–Trinajstić information content (AvgIpc) is 2.66. The summed E-state index contributed by atoms with van der Waals surface area (Å²) in [5.74, 6) is 1.00. The van der Waals surface area contributed by atoms with Crippen LogP contribution in [0.3, 0.4) is 0 Å². The van der Waals surface area contributed by atoms with E-state index in [1.807, 2.05) is 32.2 Å². The molecule has 2 heterocycles. The second kappa shape index (κ2) is 4.30. The van der Waals surface area contributed by atoms with Crippen LogP contribution >= 0.6 is 0 Å². The maximum absolute atomic E-state index is 6.36. The second-order valence-electron chi connectivity index (χ2n) is 6.59. The lowest BCUT2D eigenvalue weighted by atomic mass is 9.74. The van der Waals surface area contributed by atoms with E-state index >= 15 is 0 Å². The fourth-order valence-corrected chi connectivity index (χ4v) is 2.15. The predicted octanol–water partition coefficient (Wildman–Crippen LogP) is 3.03. The Bertz CT molecular complexity index is 588. The Balaban J connectivity index is 2.77. The van der Waals surface area contributed by atoms with Gasteiger partial charge in [-0.05, 0) is 39.8 Å². The maximum atomic E-state index is 6.36. The fraction of sp³-hybridized carbons (Fsp3) is 0.600. The molecule has 0 aromatic carbocycles. The number of nitrogens with two attached hydrogens (primary N) is 1. The van der Waals surface area contributed by atoms with Crippen molar-refractivity contribution in [2.45, 2.75) is 58.5 Å².